The average Bonchev–Trinajstić information content (AvgIpc) is 3.31. The maximum Gasteiger partial charge on any atom is 0.0324 e. The first-order chi connectivity index (χ1) is 9.29. The fourth-order valence-electron chi connectivity index (χ4n) is 3.44. The molecular weight excluding hydrogens is 232 g/mol. The van der Waals surface area contributed by atoms with Crippen molar-refractivity contribution in [2.45, 2.75) is 51.2 Å². The molecule has 2 fully saturated rings. The molecule has 0 amide bonds. The Hall–Kier alpha value is -0.860. The van der Waals surface area contributed by atoms with Crippen LogP contribution in [0.2, 0.25) is 0 Å². The third-order valence-electron chi connectivity index (χ3n) is 4.93. The SMILES string of the molecule is CCC1CNC(C2CC2)CN1C(C)c1ccccc1. The molecule has 2 heteroatoms. The van der Waals surface area contributed by atoms with E-state index in [2.05, 4.69) is 54.4 Å². The Kier molecular flexibility index (Phi) is 3.90. The highest BCUT2D eigenvalue weighted by molar-refractivity contribution is 5.19. The molecule has 1 heterocycles. The number of piperazine rings is 1. The molecule has 1 saturated heterocycles. The quantitative estimate of drug-likeness (QED) is 0.892. The van der Waals surface area contributed by atoms with Crippen LogP contribution in [-0.2, 0) is 0 Å². The van der Waals surface area contributed by atoms with E-state index in [1.807, 2.05) is 0 Å². The molecule has 1 aromatic carbocycles. The van der Waals surface area contributed by atoms with Crippen molar-refractivity contribution >= 4 is 0 Å². The fourth-order valence-corrected chi connectivity index (χ4v) is 3.44. The number of benzene rings is 1. The summed E-state index contributed by atoms with van der Waals surface area (Å²) in [6.07, 6.45) is 4.10. The van der Waals surface area contributed by atoms with Crippen LogP contribution in [0, 0.1) is 5.92 Å². The van der Waals surface area contributed by atoms with Crippen molar-refractivity contribution in [2.24, 2.45) is 5.92 Å². The second-order valence-electron chi connectivity index (χ2n) is 6.20. The smallest absolute Gasteiger partial charge is 0.0324 e. The van der Waals surface area contributed by atoms with Gasteiger partial charge < -0.3 is 5.32 Å². The average molecular weight is 258 g/mol. The van der Waals surface area contributed by atoms with Crippen molar-refractivity contribution in [1.29, 1.82) is 0 Å². The molecule has 1 N–H and O–H groups in total. The molecule has 19 heavy (non-hydrogen) atoms. The number of hydrogen-bond donors (Lipinski definition) is 1. The number of hydrogen-bond acceptors (Lipinski definition) is 2. The maximum absolute atomic E-state index is 3.78. The summed E-state index contributed by atoms with van der Waals surface area (Å²) in [4.78, 5) is 2.73. The van der Waals surface area contributed by atoms with E-state index in [9.17, 15) is 0 Å². The highest BCUT2D eigenvalue weighted by Gasteiger charge is 2.38. The summed E-state index contributed by atoms with van der Waals surface area (Å²) in [7, 11) is 0. The van der Waals surface area contributed by atoms with E-state index in [-0.39, 0.29) is 0 Å². The molecule has 1 aromatic rings. The van der Waals surface area contributed by atoms with Gasteiger partial charge in [-0.15, -0.1) is 0 Å². The molecule has 1 saturated carbocycles. The van der Waals surface area contributed by atoms with Crippen LogP contribution >= 0.6 is 0 Å². The minimum Gasteiger partial charge on any atom is -0.311 e. The van der Waals surface area contributed by atoms with Crippen LogP contribution in [0.3, 0.4) is 0 Å². The Bertz CT molecular complexity index is 399. The zero-order valence-corrected chi connectivity index (χ0v) is 12.2. The molecule has 0 radical (unpaired) electrons. The van der Waals surface area contributed by atoms with E-state index < -0.39 is 0 Å². The first-order valence-electron chi connectivity index (χ1n) is 7.83. The van der Waals surface area contributed by atoms with Crippen LogP contribution in [0.4, 0.5) is 0 Å². The largest absolute Gasteiger partial charge is 0.311 e. The van der Waals surface area contributed by atoms with Crippen LogP contribution in [-0.4, -0.2) is 30.1 Å². The van der Waals surface area contributed by atoms with Crippen LogP contribution < -0.4 is 5.32 Å². The molecule has 3 atom stereocenters. The minimum absolute atomic E-state index is 0.537. The Morgan fingerprint density at radius 3 is 2.63 bits per heavy atom. The number of nitrogens with zero attached hydrogens (tertiary/aromatic N) is 1. The molecule has 1 aliphatic carbocycles. The lowest BCUT2D eigenvalue weighted by molar-refractivity contribution is 0.0803. The summed E-state index contributed by atoms with van der Waals surface area (Å²) in [6.45, 7) is 7.07. The van der Waals surface area contributed by atoms with Crippen LogP contribution in [0.25, 0.3) is 0 Å². The van der Waals surface area contributed by atoms with Gasteiger partial charge in [-0.05, 0) is 37.7 Å². The zero-order chi connectivity index (χ0) is 13.2. The standard InChI is InChI=1S/C17H26N2/c1-3-16-11-18-17(15-9-10-15)12-19(16)13(2)14-7-5-4-6-8-14/h4-8,13,15-18H,3,9-12H2,1-2H3. The topological polar surface area (TPSA) is 15.3 Å². The van der Waals surface area contributed by atoms with Gasteiger partial charge in [-0.1, -0.05) is 37.3 Å². The maximum atomic E-state index is 3.78. The Morgan fingerprint density at radius 2 is 2.00 bits per heavy atom. The van der Waals surface area contributed by atoms with Crippen molar-refractivity contribution in [3.8, 4) is 0 Å². The second kappa shape index (κ2) is 5.64. The molecule has 0 spiro atoms. The second-order valence-corrected chi connectivity index (χ2v) is 6.20. The van der Waals surface area contributed by atoms with Gasteiger partial charge in [0.25, 0.3) is 0 Å². The third kappa shape index (κ3) is 2.85. The molecule has 0 aromatic heterocycles. The zero-order valence-electron chi connectivity index (χ0n) is 12.2. The molecule has 2 nitrogen and oxygen atoms in total. The highest BCUT2D eigenvalue weighted by atomic mass is 15.3. The van der Waals surface area contributed by atoms with Crippen molar-refractivity contribution in [3.63, 3.8) is 0 Å². The summed E-state index contributed by atoms with van der Waals surface area (Å²) >= 11 is 0. The lowest BCUT2D eigenvalue weighted by Crippen LogP contribution is -2.57. The predicted molar refractivity (Wildman–Crippen MR) is 80.2 cm³/mol. The summed E-state index contributed by atoms with van der Waals surface area (Å²) in [6, 6.07) is 12.9. The first kappa shape index (κ1) is 13.1. The molecule has 3 rings (SSSR count). The van der Waals surface area contributed by atoms with Crippen LogP contribution in [0.15, 0.2) is 30.3 Å². The third-order valence-corrected chi connectivity index (χ3v) is 4.93. The van der Waals surface area contributed by atoms with E-state index in [0.29, 0.717) is 12.1 Å². The van der Waals surface area contributed by atoms with Crippen molar-refractivity contribution in [2.75, 3.05) is 13.1 Å². The Labute approximate surface area is 117 Å². The number of nitrogens with one attached hydrogen (secondary N) is 1. The van der Waals surface area contributed by atoms with Gasteiger partial charge in [-0.3, -0.25) is 4.90 Å². The predicted octanol–water partition coefficient (Wildman–Crippen LogP) is 3.21. The van der Waals surface area contributed by atoms with E-state index in [4.69, 9.17) is 0 Å². The lowest BCUT2D eigenvalue weighted by atomic mass is 9.98. The van der Waals surface area contributed by atoms with Crippen LogP contribution in [0.5, 0.6) is 0 Å². The summed E-state index contributed by atoms with van der Waals surface area (Å²) in [5, 5.41) is 3.78. The van der Waals surface area contributed by atoms with Gasteiger partial charge in [0.2, 0.25) is 0 Å². The van der Waals surface area contributed by atoms with Gasteiger partial charge in [0, 0.05) is 31.2 Å². The van der Waals surface area contributed by atoms with Gasteiger partial charge in [0.1, 0.15) is 0 Å². The van der Waals surface area contributed by atoms with E-state index >= 15 is 0 Å². The molecule has 0 bridgehead atoms. The van der Waals surface area contributed by atoms with Gasteiger partial charge in [-0.2, -0.15) is 0 Å². The van der Waals surface area contributed by atoms with Gasteiger partial charge >= 0.3 is 0 Å². The summed E-state index contributed by atoms with van der Waals surface area (Å²) in [5.74, 6) is 0.947. The van der Waals surface area contributed by atoms with E-state index in [1.165, 1.54) is 31.4 Å². The van der Waals surface area contributed by atoms with Crippen molar-refractivity contribution in [3.05, 3.63) is 35.9 Å². The Morgan fingerprint density at radius 1 is 1.26 bits per heavy atom. The lowest BCUT2D eigenvalue weighted by Gasteiger charge is -2.44. The van der Waals surface area contributed by atoms with Crippen molar-refractivity contribution in [1.82, 2.24) is 10.2 Å². The van der Waals surface area contributed by atoms with Gasteiger partial charge in [0.15, 0.2) is 0 Å². The summed E-state index contributed by atoms with van der Waals surface area (Å²) in [5.41, 5.74) is 1.46. The molecule has 104 valence electrons. The normalized spacial score (nSPS) is 30.2. The first-order valence-corrected chi connectivity index (χ1v) is 7.83. The molecule has 2 aliphatic rings. The highest BCUT2D eigenvalue weighted by Crippen LogP contribution is 2.36. The summed E-state index contributed by atoms with van der Waals surface area (Å²) < 4.78 is 0. The Balaban J connectivity index is 1.74. The number of rotatable bonds is 4. The van der Waals surface area contributed by atoms with Gasteiger partial charge in [-0.25, -0.2) is 0 Å². The van der Waals surface area contributed by atoms with Crippen LogP contribution in [0.1, 0.15) is 44.7 Å². The monoisotopic (exact) mass is 258 g/mol. The van der Waals surface area contributed by atoms with E-state index in [0.717, 1.165) is 18.5 Å². The van der Waals surface area contributed by atoms with Crippen molar-refractivity contribution < 1.29 is 0 Å². The minimum atomic E-state index is 0.537. The van der Waals surface area contributed by atoms with E-state index in [1.54, 1.807) is 0 Å². The molecule has 1 aliphatic heterocycles. The molecular formula is C17H26N2. The molecule has 3 unspecified atom stereocenters. The van der Waals surface area contributed by atoms with Gasteiger partial charge in [0.05, 0.1) is 0 Å². The fraction of sp³-hybridized carbons (Fsp3) is 0.647.